The second-order valence-electron chi connectivity index (χ2n) is 25.7. The number of allylic oxidation sites excluding steroid dienone is 2. The van der Waals surface area contributed by atoms with Gasteiger partial charge in [-0.2, -0.15) is 0 Å². The van der Waals surface area contributed by atoms with Crippen LogP contribution in [-0.2, 0) is 37.9 Å². The minimum Gasteiger partial charge on any atom is -0.394 e. The molecular formula is C54H92O22. The number of ether oxygens (including phenoxy) is 8. The van der Waals surface area contributed by atoms with E-state index in [4.69, 9.17) is 37.9 Å². The van der Waals surface area contributed by atoms with E-state index in [1.807, 2.05) is 20.8 Å². The highest BCUT2D eigenvalue weighted by atomic mass is 16.8. The third kappa shape index (κ3) is 10.5. The van der Waals surface area contributed by atoms with Crippen molar-refractivity contribution in [1.82, 2.24) is 0 Å². The summed E-state index contributed by atoms with van der Waals surface area (Å²) in [5.74, 6) is -0.362. The number of hydrogen-bond donors (Lipinski definition) is 14. The first-order valence-corrected chi connectivity index (χ1v) is 27.7. The average molecular weight is 1090 g/mol. The van der Waals surface area contributed by atoms with Crippen molar-refractivity contribution < 1.29 is 109 Å². The van der Waals surface area contributed by atoms with E-state index in [0.29, 0.717) is 38.5 Å². The molecule has 22 heteroatoms. The standard InChI is InChI=1S/C54H92O22/c1-23(2)11-10-15-54(9,76-48-44(68)40(64)36(60)28(21-56)72-48)25-12-17-53(8)33(25)26(57)19-31-51(6)16-14-32(50(4,5)30(51)13-18-52(31,53)7)74-49-45(75-47-43(67)39(63)35(59)27(20-55)71-47)41(65)37(61)29(73-49)22-69-46-42(66)38(62)34(58)24(3)70-46/h11,24-49,55-68H,10,12-22H2,1-9H3. The molecule has 8 fully saturated rings. The molecule has 0 amide bonds. The highest BCUT2D eigenvalue weighted by molar-refractivity contribution is 5.20. The zero-order chi connectivity index (χ0) is 55.9. The van der Waals surface area contributed by atoms with Gasteiger partial charge in [-0.15, -0.1) is 0 Å². The first-order valence-electron chi connectivity index (χ1n) is 27.7. The molecule has 4 heterocycles. The van der Waals surface area contributed by atoms with Crippen LogP contribution >= 0.6 is 0 Å². The summed E-state index contributed by atoms with van der Waals surface area (Å²) in [4.78, 5) is 0. The third-order valence-electron chi connectivity index (χ3n) is 20.9. The van der Waals surface area contributed by atoms with Crippen molar-refractivity contribution in [1.29, 1.82) is 0 Å². The van der Waals surface area contributed by atoms with E-state index in [2.05, 4.69) is 40.7 Å². The molecule has 0 aromatic heterocycles. The quantitative estimate of drug-likeness (QED) is 0.0678. The highest BCUT2D eigenvalue weighted by Gasteiger charge is 2.72. The molecule has 14 N–H and O–H groups in total. The van der Waals surface area contributed by atoms with Gasteiger partial charge in [-0.05, 0) is 131 Å². The Balaban J connectivity index is 1.04. The highest BCUT2D eigenvalue weighted by Crippen LogP contribution is 2.76. The first kappa shape index (κ1) is 60.9. The van der Waals surface area contributed by atoms with Crippen molar-refractivity contribution in [2.75, 3.05) is 19.8 Å². The Kier molecular flexibility index (Phi) is 18.4. The molecule has 22 nitrogen and oxygen atoms in total. The van der Waals surface area contributed by atoms with Crippen molar-refractivity contribution in [2.24, 2.45) is 45.3 Å². The number of aliphatic hydroxyl groups excluding tert-OH is 14. The van der Waals surface area contributed by atoms with Crippen molar-refractivity contribution in [3.05, 3.63) is 11.6 Å². The van der Waals surface area contributed by atoms with E-state index in [9.17, 15) is 71.5 Å². The van der Waals surface area contributed by atoms with Crippen LogP contribution in [0.3, 0.4) is 0 Å². The molecule has 4 aliphatic carbocycles. The van der Waals surface area contributed by atoms with Crippen LogP contribution in [0.2, 0.25) is 0 Å². The summed E-state index contributed by atoms with van der Waals surface area (Å²) >= 11 is 0. The molecule has 4 saturated carbocycles. The molecule has 30 unspecified atom stereocenters. The predicted octanol–water partition coefficient (Wildman–Crippen LogP) is -1.17. The Bertz CT molecular complexity index is 1980. The summed E-state index contributed by atoms with van der Waals surface area (Å²) in [7, 11) is 0. The molecule has 0 aromatic rings. The van der Waals surface area contributed by atoms with E-state index in [1.165, 1.54) is 6.92 Å². The number of hydrogen-bond acceptors (Lipinski definition) is 22. The second kappa shape index (κ2) is 22.9. The van der Waals surface area contributed by atoms with Crippen LogP contribution in [-0.4, -0.2) is 232 Å². The van der Waals surface area contributed by atoms with Crippen LogP contribution in [0.4, 0.5) is 0 Å². The van der Waals surface area contributed by atoms with E-state index in [1.54, 1.807) is 0 Å². The Hall–Kier alpha value is -1.14. The molecule has 0 radical (unpaired) electrons. The molecule has 440 valence electrons. The van der Waals surface area contributed by atoms with Gasteiger partial charge in [-0.1, -0.05) is 46.3 Å². The number of fused-ring (bicyclic) bond motifs is 5. The summed E-state index contributed by atoms with van der Waals surface area (Å²) in [6, 6.07) is 0. The Morgan fingerprint density at radius 3 is 1.75 bits per heavy atom. The maximum Gasteiger partial charge on any atom is 0.187 e. The minimum atomic E-state index is -1.87. The summed E-state index contributed by atoms with van der Waals surface area (Å²) < 4.78 is 49.3. The van der Waals surface area contributed by atoms with Gasteiger partial charge in [-0.25, -0.2) is 0 Å². The first-order chi connectivity index (χ1) is 35.5. The zero-order valence-corrected chi connectivity index (χ0v) is 45.6. The average Bonchev–Trinajstić information content (AvgIpc) is 3.95. The summed E-state index contributed by atoms with van der Waals surface area (Å²) in [6.07, 6.45) is -24.1. The molecule has 8 rings (SSSR count). The van der Waals surface area contributed by atoms with Gasteiger partial charge in [0.15, 0.2) is 25.2 Å². The number of rotatable bonds is 15. The van der Waals surface area contributed by atoms with Gasteiger partial charge in [0, 0.05) is 0 Å². The fourth-order valence-electron chi connectivity index (χ4n) is 16.2. The lowest BCUT2D eigenvalue weighted by Crippen LogP contribution is -2.68. The van der Waals surface area contributed by atoms with Crippen molar-refractivity contribution >= 4 is 0 Å². The van der Waals surface area contributed by atoms with Crippen LogP contribution < -0.4 is 0 Å². The van der Waals surface area contributed by atoms with Gasteiger partial charge >= 0.3 is 0 Å². The molecule has 76 heavy (non-hydrogen) atoms. The zero-order valence-electron chi connectivity index (χ0n) is 45.6. The fourth-order valence-corrected chi connectivity index (χ4v) is 16.2. The molecule has 4 aliphatic heterocycles. The second-order valence-corrected chi connectivity index (χ2v) is 25.7. The molecule has 4 saturated heterocycles. The van der Waals surface area contributed by atoms with Gasteiger partial charge < -0.3 is 109 Å². The Morgan fingerprint density at radius 2 is 1.13 bits per heavy atom. The van der Waals surface area contributed by atoms with Crippen LogP contribution in [0.1, 0.15) is 120 Å². The van der Waals surface area contributed by atoms with E-state index in [-0.39, 0.29) is 39.9 Å². The van der Waals surface area contributed by atoms with Crippen molar-refractivity contribution in [3.63, 3.8) is 0 Å². The molecule has 0 spiro atoms. The lowest BCUT2D eigenvalue weighted by molar-refractivity contribution is -0.382. The van der Waals surface area contributed by atoms with Gasteiger partial charge in [0.25, 0.3) is 0 Å². The van der Waals surface area contributed by atoms with E-state index < -0.39 is 166 Å². The molecule has 8 aliphatic rings. The van der Waals surface area contributed by atoms with E-state index >= 15 is 0 Å². The Morgan fingerprint density at radius 1 is 0.579 bits per heavy atom. The third-order valence-corrected chi connectivity index (χ3v) is 20.9. The van der Waals surface area contributed by atoms with Crippen molar-refractivity contribution in [2.45, 2.75) is 261 Å². The lowest BCUT2D eigenvalue weighted by atomic mass is 9.35. The molecule has 0 bridgehead atoms. The molecule has 30 atom stereocenters. The number of aliphatic hydroxyl groups is 14. The van der Waals surface area contributed by atoms with Gasteiger partial charge in [-0.3, -0.25) is 0 Å². The van der Waals surface area contributed by atoms with Crippen molar-refractivity contribution in [3.8, 4) is 0 Å². The monoisotopic (exact) mass is 1090 g/mol. The lowest BCUT2D eigenvalue weighted by Gasteiger charge is -2.71. The molecule has 0 aromatic carbocycles. The van der Waals surface area contributed by atoms with E-state index in [0.717, 1.165) is 24.8 Å². The smallest absolute Gasteiger partial charge is 0.187 e. The minimum absolute atomic E-state index is 0.0157. The van der Waals surface area contributed by atoms with Gasteiger partial charge in [0.05, 0.1) is 43.7 Å². The SMILES string of the molecule is CC(C)=CCCC(C)(OC1OC(CO)C(O)C(O)C1O)C1CCC2(C)C1C(O)CC1C3(C)CCC(OC4OC(COC5OC(C)C(O)C(O)C5O)C(O)C(O)C4OC4OC(CO)C(O)C(O)C4O)C(C)(C)C3CCC12C. The Labute approximate surface area is 445 Å². The maximum atomic E-state index is 12.8. The summed E-state index contributed by atoms with van der Waals surface area (Å²) in [6.45, 7) is 16.9. The van der Waals surface area contributed by atoms with Gasteiger partial charge in [0.2, 0.25) is 0 Å². The normalized spacial score (nSPS) is 53.2. The van der Waals surface area contributed by atoms with Crippen LogP contribution in [0.15, 0.2) is 11.6 Å². The largest absolute Gasteiger partial charge is 0.394 e. The molecular weight excluding hydrogens is 1000 g/mol. The van der Waals surface area contributed by atoms with Crippen LogP contribution in [0, 0.1) is 45.3 Å². The topological polar surface area (TPSA) is 357 Å². The fraction of sp³-hybridized carbons (Fsp3) is 0.963. The summed E-state index contributed by atoms with van der Waals surface area (Å²) in [5, 5.41) is 152. The van der Waals surface area contributed by atoms with Gasteiger partial charge in [0.1, 0.15) is 91.6 Å². The maximum absolute atomic E-state index is 12.8. The van der Waals surface area contributed by atoms with Crippen LogP contribution in [0.5, 0.6) is 0 Å². The predicted molar refractivity (Wildman–Crippen MR) is 265 cm³/mol. The van der Waals surface area contributed by atoms with Crippen LogP contribution in [0.25, 0.3) is 0 Å². The summed E-state index contributed by atoms with van der Waals surface area (Å²) in [5.41, 5.74) is -1.44.